The minimum Gasteiger partial charge on any atom is -0.392 e. The summed E-state index contributed by atoms with van der Waals surface area (Å²) in [5.41, 5.74) is 11.0. The molecule has 0 amide bonds. The van der Waals surface area contributed by atoms with Crippen LogP contribution in [0.25, 0.3) is 5.69 Å². The van der Waals surface area contributed by atoms with Gasteiger partial charge in [-0.25, -0.2) is 0 Å². The highest BCUT2D eigenvalue weighted by atomic mass is 79.9. The number of thiophene rings is 1. The highest BCUT2D eigenvalue weighted by Crippen LogP contribution is 2.40. The molecule has 2 heterocycles. The van der Waals surface area contributed by atoms with Crippen LogP contribution >= 0.6 is 39.0 Å². The summed E-state index contributed by atoms with van der Waals surface area (Å²) < 4.78 is 3.96. The highest BCUT2D eigenvalue weighted by molar-refractivity contribution is 9.10. The molecule has 2 aromatic heterocycles. The minimum atomic E-state index is -0.0510. The number of hydrogen-bond acceptors (Lipinski definition) is 4. The predicted octanol–water partition coefficient (Wildman–Crippen LogP) is 6.20. The van der Waals surface area contributed by atoms with Crippen LogP contribution in [-0.4, -0.2) is 5.78 Å². The second-order valence-corrected chi connectivity index (χ2v) is 10.1. The number of anilines is 1. The summed E-state index contributed by atoms with van der Waals surface area (Å²) in [6, 6.07) is 21.8. The molecule has 30 heavy (non-hydrogen) atoms. The number of aromatic nitrogens is 1. The fourth-order valence-corrected chi connectivity index (χ4v) is 5.72. The Balaban J connectivity index is 1.72. The zero-order valence-electron chi connectivity index (χ0n) is 16.3. The molecular formula is C24H20BrN2OS2+. The van der Waals surface area contributed by atoms with Crippen molar-refractivity contribution in [1.82, 2.24) is 0 Å². The molecule has 2 N–H and O–H groups in total. The van der Waals surface area contributed by atoms with Gasteiger partial charge in [0.2, 0.25) is 5.78 Å². The SMILES string of the molecule is Cc1ccc(CSc2sc(C(=O)c3ccc(Br)cc3)c(N)c2-[n+]2ccccc2)cc1. The van der Waals surface area contributed by atoms with Gasteiger partial charge in [-0.05, 0) is 36.8 Å². The monoisotopic (exact) mass is 495 g/mol. The number of nitrogen functional groups attached to an aromatic ring is 1. The minimum absolute atomic E-state index is 0.0510. The molecule has 0 bridgehead atoms. The van der Waals surface area contributed by atoms with Gasteiger partial charge in [0.15, 0.2) is 12.4 Å². The maximum Gasteiger partial charge on any atom is 0.259 e. The van der Waals surface area contributed by atoms with Gasteiger partial charge in [-0.1, -0.05) is 51.8 Å². The standard InChI is InChI=1S/C24H19BrN2OS2/c1-16-5-7-17(8-6-16)15-29-24-21(27-13-3-2-4-14-27)20(26)23(30-24)22(28)18-9-11-19(25)12-10-18/h2-14H,15H2,1H3,(H-,26,28)/p+1. The van der Waals surface area contributed by atoms with Crippen molar-refractivity contribution in [3.05, 3.63) is 105 Å². The van der Waals surface area contributed by atoms with E-state index in [4.69, 9.17) is 5.73 Å². The van der Waals surface area contributed by atoms with Crippen LogP contribution < -0.4 is 10.3 Å². The van der Waals surface area contributed by atoms with Crippen molar-refractivity contribution in [2.45, 2.75) is 16.9 Å². The fourth-order valence-electron chi connectivity index (χ4n) is 3.04. The fraction of sp³-hybridized carbons (Fsp3) is 0.0833. The Hall–Kier alpha value is -2.41. The molecule has 4 aromatic rings. The molecule has 0 atom stereocenters. The normalized spacial score (nSPS) is 10.9. The molecule has 4 rings (SSSR count). The van der Waals surface area contributed by atoms with Gasteiger partial charge in [0, 0.05) is 27.9 Å². The average molecular weight is 496 g/mol. The number of thioether (sulfide) groups is 1. The summed E-state index contributed by atoms with van der Waals surface area (Å²) in [4.78, 5) is 13.8. The van der Waals surface area contributed by atoms with Crippen LogP contribution in [0.4, 0.5) is 5.69 Å². The van der Waals surface area contributed by atoms with Crippen LogP contribution in [0, 0.1) is 6.92 Å². The first-order chi connectivity index (χ1) is 14.5. The number of aryl methyl sites for hydroxylation is 1. The van der Waals surface area contributed by atoms with Gasteiger partial charge in [-0.15, -0.1) is 23.1 Å². The first-order valence-corrected chi connectivity index (χ1v) is 12.0. The summed E-state index contributed by atoms with van der Waals surface area (Å²) in [6.45, 7) is 2.08. The molecule has 0 radical (unpaired) electrons. The topological polar surface area (TPSA) is 47.0 Å². The van der Waals surface area contributed by atoms with E-state index < -0.39 is 0 Å². The van der Waals surface area contributed by atoms with Gasteiger partial charge >= 0.3 is 0 Å². The quantitative estimate of drug-likeness (QED) is 0.196. The maximum atomic E-state index is 13.2. The lowest BCUT2D eigenvalue weighted by atomic mass is 10.1. The molecule has 0 aliphatic heterocycles. The molecule has 2 aromatic carbocycles. The lowest BCUT2D eigenvalue weighted by molar-refractivity contribution is -0.596. The van der Waals surface area contributed by atoms with Crippen molar-refractivity contribution in [2.75, 3.05) is 5.73 Å². The molecule has 3 nitrogen and oxygen atoms in total. The molecule has 0 saturated carbocycles. The average Bonchev–Trinajstić information content (AvgIpc) is 3.10. The Kier molecular flexibility index (Phi) is 6.37. The Morgan fingerprint density at radius 2 is 1.70 bits per heavy atom. The number of nitrogens with two attached hydrogens (primary N) is 1. The number of carbonyl (C=O) groups excluding carboxylic acids is 1. The van der Waals surface area contributed by atoms with Crippen LogP contribution in [0.15, 0.2) is 87.8 Å². The zero-order chi connectivity index (χ0) is 21.1. The third kappa shape index (κ3) is 4.51. The molecule has 0 aliphatic rings. The van der Waals surface area contributed by atoms with E-state index in [1.165, 1.54) is 22.5 Å². The number of nitrogens with zero attached hydrogens (tertiary/aromatic N) is 1. The lowest BCUT2D eigenvalue weighted by Gasteiger charge is -2.02. The summed E-state index contributed by atoms with van der Waals surface area (Å²) in [7, 11) is 0. The Morgan fingerprint density at radius 3 is 2.37 bits per heavy atom. The van der Waals surface area contributed by atoms with E-state index in [-0.39, 0.29) is 5.78 Å². The molecule has 0 saturated heterocycles. The molecule has 0 aliphatic carbocycles. The van der Waals surface area contributed by atoms with E-state index in [2.05, 4.69) is 47.1 Å². The Bertz CT molecular complexity index is 1170. The summed E-state index contributed by atoms with van der Waals surface area (Å²) in [5.74, 6) is 0.761. The summed E-state index contributed by atoms with van der Waals surface area (Å²) in [5, 5.41) is 0. The zero-order valence-corrected chi connectivity index (χ0v) is 19.6. The van der Waals surface area contributed by atoms with Gasteiger partial charge in [-0.2, -0.15) is 4.57 Å². The van der Waals surface area contributed by atoms with Crippen molar-refractivity contribution in [3.8, 4) is 5.69 Å². The first kappa shape index (κ1) is 20.8. The van der Waals surface area contributed by atoms with Gasteiger partial charge in [-0.3, -0.25) is 4.79 Å². The van der Waals surface area contributed by atoms with E-state index >= 15 is 0 Å². The maximum absolute atomic E-state index is 13.2. The Labute approximate surface area is 192 Å². The number of ketones is 1. The molecule has 6 heteroatoms. The third-order valence-electron chi connectivity index (χ3n) is 4.66. The van der Waals surface area contributed by atoms with Crippen LogP contribution in [0.1, 0.15) is 26.4 Å². The van der Waals surface area contributed by atoms with Crippen LogP contribution in [0.5, 0.6) is 0 Å². The highest BCUT2D eigenvalue weighted by Gasteiger charge is 2.28. The molecule has 150 valence electrons. The van der Waals surface area contributed by atoms with Crippen molar-refractivity contribution in [2.24, 2.45) is 0 Å². The van der Waals surface area contributed by atoms with Crippen molar-refractivity contribution >= 4 is 50.5 Å². The largest absolute Gasteiger partial charge is 0.392 e. The number of carbonyl (C=O) groups is 1. The van der Waals surface area contributed by atoms with Crippen LogP contribution in [0.3, 0.4) is 0 Å². The smallest absolute Gasteiger partial charge is 0.259 e. The lowest BCUT2D eigenvalue weighted by Crippen LogP contribution is -2.30. The third-order valence-corrected chi connectivity index (χ3v) is 7.72. The van der Waals surface area contributed by atoms with E-state index in [0.29, 0.717) is 16.1 Å². The number of benzene rings is 2. The van der Waals surface area contributed by atoms with Gasteiger partial charge in [0.1, 0.15) is 14.8 Å². The van der Waals surface area contributed by atoms with E-state index in [1.54, 1.807) is 11.8 Å². The molecule has 0 spiro atoms. The van der Waals surface area contributed by atoms with Crippen molar-refractivity contribution < 1.29 is 9.36 Å². The molecule has 0 fully saturated rings. The van der Waals surface area contributed by atoms with Gasteiger partial charge < -0.3 is 5.73 Å². The van der Waals surface area contributed by atoms with E-state index in [1.807, 2.05) is 59.4 Å². The number of rotatable bonds is 6. The number of pyridine rings is 1. The molecular weight excluding hydrogens is 476 g/mol. The van der Waals surface area contributed by atoms with Gasteiger partial charge in [0.25, 0.3) is 5.69 Å². The first-order valence-electron chi connectivity index (χ1n) is 9.40. The summed E-state index contributed by atoms with van der Waals surface area (Å²) >= 11 is 6.59. The predicted molar refractivity (Wildman–Crippen MR) is 129 cm³/mol. The Morgan fingerprint density at radius 1 is 1.03 bits per heavy atom. The van der Waals surface area contributed by atoms with E-state index in [9.17, 15) is 4.79 Å². The number of halogens is 1. The summed E-state index contributed by atoms with van der Waals surface area (Å²) in [6.07, 6.45) is 3.92. The van der Waals surface area contributed by atoms with E-state index in [0.717, 1.165) is 20.1 Å². The van der Waals surface area contributed by atoms with Crippen LogP contribution in [-0.2, 0) is 5.75 Å². The second kappa shape index (κ2) is 9.16. The number of hydrogen-bond donors (Lipinski definition) is 1. The van der Waals surface area contributed by atoms with Crippen LogP contribution in [0.2, 0.25) is 0 Å². The van der Waals surface area contributed by atoms with Crippen molar-refractivity contribution in [3.63, 3.8) is 0 Å². The second-order valence-electron chi connectivity index (χ2n) is 6.87. The molecule has 0 unspecified atom stereocenters. The van der Waals surface area contributed by atoms with Crippen molar-refractivity contribution in [1.29, 1.82) is 0 Å². The van der Waals surface area contributed by atoms with Gasteiger partial charge in [0.05, 0.1) is 0 Å².